The van der Waals surface area contributed by atoms with Crippen LogP contribution in [0.4, 0.5) is 0 Å². The van der Waals surface area contributed by atoms with Gasteiger partial charge in [-0.2, -0.15) is 0 Å². The van der Waals surface area contributed by atoms with Gasteiger partial charge in [0.15, 0.2) is 0 Å². The molecule has 0 aliphatic heterocycles. The third-order valence-corrected chi connectivity index (χ3v) is 4.01. The fraction of sp³-hybridized carbons (Fsp3) is 0.444. The van der Waals surface area contributed by atoms with Crippen LogP contribution in [-0.2, 0) is 4.74 Å². The molecule has 0 saturated heterocycles. The molecule has 0 bridgehead atoms. The monoisotopic (exact) mass is 331 g/mol. The van der Waals surface area contributed by atoms with Crippen LogP contribution < -0.4 is 11.4 Å². The Kier molecular flexibility index (Phi) is 4.99. The van der Waals surface area contributed by atoms with Gasteiger partial charge in [0, 0.05) is 7.11 Å². The van der Waals surface area contributed by atoms with Crippen molar-refractivity contribution >= 4 is 0 Å². The highest BCUT2D eigenvalue weighted by Gasteiger charge is 2.36. The summed E-state index contributed by atoms with van der Waals surface area (Å²) in [4.78, 5) is 25.2. The minimum absolute atomic E-state index is 0.246. The molecule has 0 amide bonds. The second-order valence-corrected chi connectivity index (χ2v) is 7.05. The van der Waals surface area contributed by atoms with Gasteiger partial charge in [-0.25, -0.2) is 23.9 Å². The van der Waals surface area contributed by atoms with E-state index in [9.17, 15) is 9.59 Å². The van der Waals surface area contributed by atoms with Gasteiger partial charge in [0.05, 0.1) is 11.8 Å². The lowest BCUT2D eigenvalue weighted by Gasteiger charge is -2.36. The largest absolute Gasteiger partial charge is 0.378 e. The predicted molar refractivity (Wildman–Crippen MR) is 94.8 cm³/mol. The zero-order chi connectivity index (χ0) is 18.1. The van der Waals surface area contributed by atoms with Crippen molar-refractivity contribution in [2.75, 3.05) is 7.11 Å². The van der Waals surface area contributed by atoms with Gasteiger partial charge in [-0.1, -0.05) is 51.1 Å². The number of hydrogen-bond acceptors (Lipinski definition) is 3. The van der Waals surface area contributed by atoms with Gasteiger partial charge in [0.1, 0.15) is 6.04 Å². The van der Waals surface area contributed by atoms with E-state index in [2.05, 4.69) is 11.7 Å². The van der Waals surface area contributed by atoms with Gasteiger partial charge in [0.25, 0.3) is 0 Å². The summed E-state index contributed by atoms with van der Waals surface area (Å²) in [6.45, 7) is 11.9. The van der Waals surface area contributed by atoms with Crippen molar-refractivity contribution in [1.29, 1.82) is 0 Å². The first-order chi connectivity index (χ1) is 11.2. The molecule has 0 saturated carbocycles. The van der Waals surface area contributed by atoms with E-state index < -0.39 is 17.4 Å². The summed E-state index contributed by atoms with van der Waals surface area (Å²) in [5.74, 6) is 0. The van der Waals surface area contributed by atoms with E-state index in [1.165, 1.54) is 4.68 Å². The number of hydrogen-bond donors (Lipinski definition) is 1. The van der Waals surface area contributed by atoms with Gasteiger partial charge in [0.2, 0.25) is 0 Å². The van der Waals surface area contributed by atoms with Crippen LogP contribution in [0.25, 0.3) is 5.69 Å². The van der Waals surface area contributed by atoms with E-state index in [0.717, 1.165) is 10.1 Å². The highest BCUT2D eigenvalue weighted by atomic mass is 16.5. The normalized spacial score (nSPS) is 14.4. The molecular weight excluding hydrogens is 306 g/mol. The van der Waals surface area contributed by atoms with Gasteiger partial charge in [-0.3, -0.25) is 0 Å². The number of H-pyrrole nitrogens is 1. The maximum Gasteiger partial charge on any atom is 0.352 e. The van der Waals surface area contributed by atoms with Crippen LogP contribution in [0.3, 0.4) is 0 Å². The summed E-state index contributed by atoms with van der Waals surface area (Å²) in [5.41, 5.74) is 0.0866. The first kappa shape index (κ1) is 18.0. The molecule has 2 rings (SSSR count). The molecule has 1 heterocycles. The Morgan fingerprint density at radius 3 is 2.25 bits per heavy atom. The number of nitrogens with zero attached hydrogens (tertiary/aromatic N) is 2. The number of rotatable bonds is 5. The maximum absolute atomic E-state index is 12.9. The van der Waals surface area contributed by atoms with E-state index in [-0.39, 0.29) is 11.5 Å². The molecule has 130 valence electrons. The Labute approximate surface area is 141 Å². The van der Waals surface area contributed by atoms with Crippen LogP contribution in [0.2, 0.25) is 0 Å². The second-order valence-electron chi connectivity index (χ2n) is 7.05. The van der Waals surface area contributed by atoms with Crippen LogP contribution in [0.1, 0.15) is 33.7 Å². The van der Waals surface area contributed by atoms with Crippen molar-refractivity contribution < 1.29 is 4.74 Å². The lowest BCUT2D eigenvalue weighted by Crippen LogP contribution is -2.42. The number of para-hydroxylation sites is 1. The number of benzene rings is 1. The van der Waals surface area contributed by atoms with Gasteiger partial charge in [-0.15, -0.1) is 0 Å². The quantitative estimate of drug-likeness (QED) is 0.856. The van der Waals surface area contributed by atoms with Crippen molar-refractivity contribution in [3.63, 3.8) is 0 Å². The molecule has 0 radical (unpaired) electrons. The summed E-state index contributed by atoms with van der Waals surface area (Å²) in [6.07, 6.45) is -0.324. The Balaban J connectivity index is 2.65. The average molecular weight is 331 g/mol. The fourth-order valence-corrected chi connectivity index (χ4v) is 2.96. The van der Waals surface area contributed by atoms with Gasteiger partial charge < -0.3 is 4.74 Å². The van der Waals surface area contributed by atoms with Gasteiger partial charge >= 0.3 is 11.4 Å². The van der Waals surface area contributed by atoms with Crippen molar-refractivity contribution in [3.05, 3.63) is 63.5 Å². The molecular formula is C18H25N3O3. The predicted octanol–water partition coefficient (Wildman–Crippen LogP) is 2.51. The molecule has 6 heteroatoms. The summed E-state index contributed by atoms with van der Waals surface area (Å²) < 4.78 is 8.08. The molecule has 2 atom stereocenters. The van der Waals surface area contributed by atoms with E-state index in [4.69, 9.17) is 4.74 Å². The molecule has 0 unspecified atom stereocenters. The SMILES string of the molecule is C=C(C)[C@@H]([C@@H](OC)C(C)(C)C)n1[nH]c(=O)n(-c2ccccc2)c1=O. The summed E-state index contributed by atoms with van der Waals surface area (Å²) >= 11 is 0. The standard InChI is InChI=1S/C18H25N3O3/c1-12(2)14(15(24-6)18(3,4)5)21-17(23)20(16(22)19-21)13-10-8-7-9-11-13/h7-11,14-15H,1H2,2-6H3,(H,19,22)/t14-,15+/m0/s1. The molecule has 1 N–H and O–H groups in total. The fourth-order valence-electron chi connectivity index (χ4n) is 2.96. The van der Waals surface area contributed by atoms with Gasteiger partial charge in [-0.05, 0) is 24.5 Å². The van der Waals surface area contributed by atoms with Crippen LogP contribution in [0, 0.1) is 5.41 Å². The number of methoxy groups -OCH3 is 1. The lowest BCUT2D eigenvalue weighted by atomic mass is 9.82. The van der Waals surface area contributed by atoms with E-state index in [0.29, 0.717) is 5.69 Å². The van der Waals surface area contributed by atoms with Crippen molar-refractivity contribution in [3.8, 4) is 5.69 Å². The average Bonchev–Trinajstić information content (AvgIpc) is 2.78. The van der Waals surface area contributed by atoms with Crippen LogP contribution in [0.15, 0.2) is 52.1 Å². The molecule has 1 aromatic heterocycles. The second kappa shape index (κ2) is 6.65. The molecule has 6 nitrogen and oxygen atoms in total. The molecule has 24 heavy (non-hydrogen) atoms. The Hall–Kier alpha value is -2.34. The highest BCUT2D eigenvalue weighted by Crippen LogP contribution is 2.33. The van der Waals surface area contributed by atoms with Crippen LogP contribution >= 0.6 is 0 Å². The number of nitrogens with one attached hydrogen (secondary N) is 1. The van der Waals surface area contributed by atoms with Crippen molar-refractivity contribution in [1.82, 2.24) is 14.3 Å². The topological polar surface area (TPSA) is 69.0 Å². The third kappa shape index (κ3) is 3.28. The van der Waals surface area contributed by atoms with E-state index in [1.807, 2.05) is 33.8 Å². The van der Waals surface area contributed by atoms with Crippen molar-refractivity contribution in [2.24, 2.45) is 5.41 Å². The number of aromatic nitrogens is 3. The molecule has 0 aliphatic carbocycles. The van der Waals surface area contributed by atoms with E-state index >= 15 is 0 Å². The highest BCUT2D eigenvalue weighted by molar-refractivity contribution is 5.30. The third-order valence-electron chi connectivity index (χ3n) is 4.01. The number of ether oxygens (including phenoxy) is 1. The Morgan fingerprint density at radius 2 is 1.79 bits per heavy atom. The zero-order valence-corrected chi connectivity index (χ0v) is 14.9. The molecule has 0 aliphatic rings. The van der Waals surface area contributed by atoms with Crippen LogP contribution in [0.5, 0.6) is 0 Å². The van der Waals surface area contributed by atoms with Crippen molar-refractivity contribution in [2.45, 2.75) is 39.8 Å². The molecule has 0 spiro atoms. The summed E-state index contributed by atoms with van der Waals surface area (Å²) in [6, 6.07) is 8.35. The maximum atomic E-state index is 12.9. The molecule has 2 aromatic rings. The Bertz CT molecular complexity index is 822. The minimum Gasteiger partial charge on any atom is -0.378 e. The first-order valence-corrected chi connectivity index (χ1v) is 7.85. The summed E-state index contributed by atoms with van der Waals surface area (Å²) in [5, 5.41) is 2.65. The zero-order valence-electron chi connectivity index (χ0n) is 14.9. The van der Waals surface area contributed by atoms with E-state index in [1.54, 1.807) is 31.4 Å². The Morgan fingerprint density at radius 1 is 1.21 bits per heavy atom. The number of aromatic amines is 1. The lowest BCUT2D eigenvalue weighted by molar-refractivity contribution is -0.0156. The molecule has 0 fully saturated rings. The smallest absolute Gasteiger partial charge is 0.352 e. The first-order valence-electron chi connectivity index (χ1n) is 7.85. The van der Waals surface area contributed by atoms with Crippen LogP contribution in [-0.4, -0.2) is 27.6 Å². The summed E-state index contributed by atoms with van der Waals surface area (Å²) in [7, 11) is 1.60. The minimum atomic E-state index is -0.485. The molecule has 1 aromatic carbocycles.